The van der Waals surface area contributed by atoms with Gasteiger partial charge in [-0.15, -0.1) is 0 Å². The maximum absolute atomic E-state index is 12.1. The van der Waals surface area contributed by atoms with E-state index in [2.05, 4.69) is 5.32 Å². The van der Waals surface area contributed by atoms with Crippen LogP contribution in [0.1, 0.15) is 46.5 Å². The average molecular weight is 368 g/mol. The molecule has 0 aliphatic heterocycles. The summed E-state index contributed by atoms with van der Waals surface area (Å²) in [6, 6.07) is 10.5. The third-order valence-electron chi connectivity index (χ3n) is 4.20. The molecule has 27 heavy (non-hydrogen) atoms. The Kier molecular flexibility index (Phi) is 5.12. The van der Waals surface area contributed by atoms with Gasteiger partial charge in [0.05, 0.1) is 6.04 Å². The molecule has 0 spiro atoms. The monoisotopic (exact) mass is 368 g/mol. The van der Waals surface area contributed by atoms with E-state index in [1.165, 1.54) is 17.6 Å². The standard InChI is InChI=1S/C20H20N2O5/c1-12(18-9-14-6-4-5-7-17(14)27-18)21-19(24)11-26-20(25)16-8-15(13(2)23)10-22(16)3/h4-10,12H,11H2,1-3H3,(H,21,24)/t12-/m0/s1. The third-order valence-corrected chi connectivity index (χ3v) is 4.20. The number of aromatic nitrogens is 1. The molecule has 0 bridgehead atoms. The smallest absolute Gasteiger partial charge is 0.355 e. The fourth-order valence-electron chi connectivity index (χ4n) is 2.74. The van der Waals surface area contributed by atoms with Crippen molar-refractivity contribution in [2.24, 2.45) is 7.05 Å². The zero-order valence-corrected chi connectivity index (χ0v) is 15.3. The maximum Gasteiger partial charge on any atom is 0.355 e. The van der Waals surface area contributed by atoms with Gasteiger partial charge in [0.25, 0.3) is 5.91 Å². The molecule has 140 valence electrons. The van der Waals surface area contributed by atoms with Crippen LogP contribution in [-0.4, -0.2) is 28.8 Å². The van der Waals surface area contributed by atoms with Crippen LogP contribution in [-0.2, 0) is 16.6 Å². The Morgan fingerprint density at radius 2 is 1.96 bits per heavy atom. The van der Waals surface area contributed by atoms with Gasteiger partial charge in [-0.25, -0.2) is 4.79 Å². The van der Waals surface area contributed by atoms with Crippen molar-refractivity contribution >= 4 is 28.6 Å². The Hall–Kier alpha value is -3.35. The molecule has 0 aliphatic rings. The fourth-order valence-corrected chi connectivity index (χ4v) is 2.74. The van der Waals surface area contributed by atoms with Gasteiger partial charge in [0.1, 0.15) is 17.0 Å². The molecule has 7 nitrogen and oxygen atoms in total. The molecule has 1 aromatic carbocycles. The van der Waals surface area contributed by atoms with Crippen molar-refractivity contribution < 1.29 is 23.5 Å². The van der Waals surface area contributed by atoms with Gasteiger partial charge < -0.3 is 19.0 Å². The average Bonchev–Trinajstić information content (AvgIpc) is 3.23. The van der Waals surface area contributed by atoms with Gasteiger partial charge in [-0.1, -0.05) is 18.2 Å². The summed E-state index contributed by atoms with van der Waals surface area (Å²) in [5.41, 5.74) is 1.36. The van der Waals surface area contributed by atoms with Crippen molar-refractivity contribution in [2.45, 2.75) is 19.9 Å². The lowest BCUT2D eigenvalue weighted by Crippen LogP contribution is -2.31. The Balaban J connectivity index is 1.57. The van der Waals surface area contributed by atoms with Crippen LogP contribution in [0.5, 0.6) is 0 Å². The van der Waals surface area contributed by atoms with Gasteiger partial charge in [-0.2, -0.15) is 0 Å². The number of para-hydroxylation sites is 1. The van der Waals surface area contributed by atoms with Crippen LogP contribution in [0.15, 0.2) is 47.0 Å². The molecule has 1 amide bonds. The van der Waals surface area contributed by atoms with E-state index in [0.29, 0.717) is 11.3 Å². The quantitative estimate of drug-likeness (QED) is 0.533. The highest BCUT2D eigenvalue weighted by Crippen LogP contribution is 2.23. The molecule has 1 N–H and O–H groups in total. The van der Waals surface area contributed by atoms with Crippen LogP contribution >= 0.6 is 0 Å². The zero-order valence-electron chi connectivity index (χ0n) is 15.3. The molecular formula is C20H20N2O5. The summed E-state index contributed by atoms with van der Waals surface area (Å²) in [4.78, 5) is 35.6. The Bertz CT molecular complexity index is 981. The number of aryl methyl sites for hydroxylation is 1. The molecule has 0 saturated carbocycles. The lowest BCUT2D eigenvalue weighted by Gasteiger charge is -2.11. The second-order valence-electron chi connectivity index (χ2n) is 6.33. The first-order valence-corrected chi connectivity index (χ1v) is 8.47. The number of ketones is 1. The van der Waals surface area contributed by atoms with E-state index in [1.807, 2.05) is 30.3 Å². The van der Waals surface area contributed by atoms with E-state index in [9.17, 15) is 14.4 Å². The SMILES string of the molecule is CC(=O)c1cc(C(=O)OCC(=O)N[C@@H](C)c2cc3ccccc3o2)n(C)c1. The summed E-state index contributed by atoms with van der Waals surface area (Å²) < 4.78 is 12.2. The van der Waals surface area contributed by atoms with Crippen LogP contribution in [0, 0.1) is 0 Å². The summed E-state index contributed by atoms with van der Waals surface area (Å²) in [6.45, 7) is 2.77. The second kappa shape index (κ2) is 7.49. The molecule has 7 heteroatoms. The first-order chi connectivity index (χ1) is 12.8. The predicted octanol–water partition coefficient (Wildman–Crippen LogP) is 3.01. The number of benzene rings is 1. The summed E-state index contributed by atoms with van der Waals surface area (Å²) >= 11 is 0. The van der Waals surface area contributed by atoms with Gasteiger partial charge in [0.2, 0.25) is 0 Å². The molecule has 0 aliphatic carbocycles. The Morgan fingerprint density at radius 1 is 1.22 bits per heavy atom. The normalized spacial score (nSPS) is 12.0. The number of amides is 1. The third kappa shape index (κ3) is 4.08. The lowest BCUT2D eigenvalue weighted by molar-refractivity contribution is -0.125. The van der Waals surface area contributed by atoms with Crippen molar-refractivity contribution in [3.05, 3.63) is 59.6 Å². The second-order valence-corrected chi connectivity index (χ2v) is 6.33. The molecule has 2 heterocycles. The van der Waals surface area contributed by atoms with Crippen LogP contribution in [0.2, 0.25) is 0 Å². The van der Waals surface area contributed by atoms with Gasteiger partial charge in [0, 0.05) is 24.2 Å². The molecule has 0 fully saturated rings. The largest absolute Gasteiger partial charge is 0.459 e. The lowest BCUT2D eigenvalue weighted by atomic mass is 10.2. The minimum atomic E-state index is -0.670. The fraction of sp³-hybridized carbons (Fsp3) is 0.250. The van der Waals surface area contributed by atoms with E-state index in [1.54, 1.807) is 20.2 Å². The van der Waals surface area contributed by atoms with Crippen LogP contribution in [0.25, 0.3) is 11.0 Å². The van der Waals surface area contributed by atoms with E-state index < -0.39 is 18.5 Å². The number of hydrogen-bond acceptors (Lipinski definition) is 5. The van der Waals surface area contributed by atoms with Crippen LogP contribution < -0.4 is 5.32 Å². The molecule has 0 unspecified atom stereocenters. The summed E-state index contributed by atoms with van der Waals surface area (Å²) in [5.74, 6) is -0.652. The van der Waals surface area contributed by atoms with E-state index in [-0.39, 0.29) is 17.5 Å². The molecule has 3 rings (SSSR count). The molecule has 0 saturated heterocycles. The van der Waals surface area contributed by atoms with Gasteiger partial charge in [0.15, 0.2) is 12.4 Å². The molecule has 3 aromatic rings. The topological polar surface area (TPSA) is 90.5 Å². The van der Waals surface area contributed by atoms with Gasteiger partial charge in [-0.05, 0) is 32.0 Å². The molecular weight excluding hydrogens is 348 g/mol. The zero-order chi connectivity index (χ0) is 19.6. The highest BCUT2D eigenvalue weighted by atomic mass is 16.5. The van der Waals surface area contributed by atoms with E-state index >= 15 is 0 Å². The highest BCUT2D eigenvalue weighted by molar-refractivity contribution is 5.98. The number of nitrogens with one attached hydrogen (secondary N) is 1. The number of hydrogen-bond donors (Lipinski definition) is 1. The minimum absolute atomic E-state index is 0.151. The predicted molar refractivity (Wildman–Crippen MR) is 98.5 cm³/mol. The summed E-state index contributed by atoms with van der Waals surface area (Å²) in [7, 11) is 1.63. The van der Waals surface area contributed by atoms with E-state index in [0.717, 1.165) is 11.0 Å². The Labute approximate surface area is 155 Å². The van der Waals surface area contributed by atoms with Crippen molar-refractivity contribution in [3.8, 4) is 0 Å². The number of ether oxygens (including phenoxy) is 1. The number of fused-ring (bicyclic) bond motifs is 1. The van der Waals surface area contributed by atoms with Crippen molar-refractivity contribution in [3.63, 3.8) is 0 Å². The Morgan fingerprint density at radius 3 is 2.63 bits per heavy atom. The number of rotatable bonds is 6. The van der Waals surface area contributed by atoms with Gasteiger partial charge in [-0.3, -0.25) is 9.59 Å². The van der Waals surface area contributed by atoms with Crippen molar-refractivity contribution in [1.29, 1.82) is 0 Å². The first kappa shape index (κ1) is 18.4. The molecule has 0 radical (unpaired) electrons. The number of carbonyl (C=O) groups excluding carboxylic acids is 3. The van der Waals surface area contributed by atoms with Gasteiger partial charge >= 0.3 is 5.97 Å². The number of furan rings is 1. The minimum Gasteiger partial charge on any atom is -0.459 e. The summed E-state index contributed by atoms with van der Waals surface area (Å²) in [5, 5.41) is 3.68. The van der Waals surface area contributed by atoms with Crippen LogP contribution in [0.3, 0.4) is 0 Å². The molecule has 1 atom stereocenters. The number of Topliss-reactive ketones (excluding diaryl/α,β-unsaturated/α-hetero) is 1. The number of nitrogens with zero attached hydrogens (tertiary/aromatic N) is 1. The number of esters is 1. The van der Waals surface area contributed by atoms with Crippen LogP contribution in [0.4, 0.5) is 0 Å². The van der Waals surface area contributed by atoms with E-state index in [4.69, 9.17) is 9.15 Å². The number of carbonyl (C=O) groups is 3. The van der Waals surface area contributed by atoms with Crippen molar-refractivity contribution in [1.82, 2.24) is 9.88 Å². The highest BCUT2D eigenvalue weighted by Gasteiger charge is 2.18. The van der Waals surface area contributed by atoms with Crippen molar-refractivity contribution in [2.75, 3.05) is 6.61 Å². The first-order valence-electron chi connectivity index (χ1n) is 8.47. The molecule has 2 aromatic heterocycles. The summed E-state index contributed by atoms with van der Waals surface area (Å²) in [6.07, 6.45) is 1.54. The maximum atomic E-state index is 12.1.